The van der Waals surface area contributed by atoms with Gasteiger partial charge in [0.2, 0.25) is 0 Å². The molecule has 0 aliphatic rings. The fourth-order valence-electron chi connectivity index (χ4n) is 2.09. The molecular weight excluding hydrogens is 360 g/mol. The van der Waals surface area contributed by atoms with Crippen molar-refractivity contribution in [2.24, 2.45) is 10.8 Å². The third-order valence-electron chi connectivity index (χ3n) is 3.62. The van der Waals surface area contributed by atoms with Crippen molar-refractivity contribution in [1.82, 2.24) is 0 Å². The molecule has 0 atom stereocenters. The summed E-state index contributed by atoms with van der Waals surface area (Å²) in [6.45, 7) is 9.58. The van der Waals surface area contributed by atoms with E-state index in [1.807, 2.05) is 27.7 Å². The van der Waals surface area contributed by atoms with Crippen LogP contribution in [0, 0.1) is 35.5 Å². The predicted octanol–water partition coefficient (Wildman–Crippen LogP) is 2.99. The van der Waals surface area contributed by atoms with E-state index in [0.717, 1.165) is 0 Å². The van der Waals surface area contributed by atoms with Crippen LogP contribution in [0.25, 0.3) is 0 Å². The van der Waals surface area contributed by atoms with E-state index in [-0.39, 0.29) is 62.0 Å². The Balaban J connectivity index is 3.85. The van der Waals surface area contributed by atoms with Gasteiger partial charge in [0.1, 0.15) is 13.2 Å². The summed E-state index contributed by atoms with van der Waals surface area (Å²) >= 11 is 0. The summed E-state index contributed by atoms with van der Waals surface area (Å²) < 4.78 is 21.1. The molecule has 0 aliphatic carbocycles. The summed E-state index contributed by atoms with van der Waals surface area (Å²) in [5.41, 5.74) is -0.597. The third-order valence-corrected chi connectivity index (χ3v) is 3.62. The first-order valence-corrected chi connectivity index (χ1v) is 9.45. The van der Waals surface area contributed by atoms with Crippen molar-refractivity contribution in [3.05, 3.63) is 0 Å². The van der Waals surface area contributed by atoms with Gasteiger partial charge in [0.25, 0.3) is 0 Å². The second kappa shape index (κ2) is 14.0. The number of esters is 2. The second-order valence-corrected chi connectivity index (χ2v) is 8.25. The van der Waals surface area contributed by atoms with E-state index in [0.29, 0.717) is 26.1 Å². The Morgan fingerprint density at radius 3 is 1.39 bits per heavy atom. The summed E-state index contributed by atoms with van der Waals surface area (Å²) in [6.07, 6.45) is 11.9. The number of hydrogen-bond acceptors (Lipinski definition) is 6. The van der Waals surface area contributed by atoms with Gasteiger partial charge in [-0.1, -0.05) is 39.5 Å². The Kier molecular flexibility index (Phi) is 13.0. The molecule has 0 spiro atoms. The molecule has 0 aliphatic heterocycles. The van der Waals surface area contributed by atoms with Crippen molar-refractivity contribution >= 4 is 11.9 Å². The van der Waals surface area contributed by atoms with Crippen LogP contribution in [0.15, 0.2) is 0 Å². The van der Waals surface area contributed by atoms with E-state index < -0.39 is 0 Å². The normalized spacial score (nSPS) is 11.4. The first-order chi connectivity index (χ1) is 13.1. The lowest BCUT2D eigenvalue weighted by molar-refractivity contribution is -0.150. The van der Waals surface area contributed by atoms with Gasteiger partial charge >= 0.3 is 11.9 Å². The maximum absolute atomic E-state index is 11.8. The Labute approximate surface area is 169 Å². The highest BCUT2D eigenvalue weighted by Crippen LogP contribution is 2.18. The lowest BCUT2D eigenvalue weighted by Crippen LogP contribution is -2.27. The van der Waals surface area contributed by atoms with Crippen molar-refractivity contribution < 1.29 is 28.5 Å². The number of unbranched alkanes of at least 4 members (excludes halogenated alkanes) is 1. The molecule has 6 nitrogen and oxygen atoms in total. The van der Waals surface area contributed by atoms with Crippen LogP contribution < -0.4 is 0 Å². The molecule has 0 aromatic heterocycles. The number of terminal acetylenes is 2. The zero-order valence-electron chi connectivity index (χ0n) is 17.7. The molecule has 0 rings (SSSR count). The predicted molar refractivity (Wildman–Crippen MR) is 107 cm³/mol. The number of carbonyl (C=O) groups is 2. The standard InChI is InChI=1S/C22H34O6/c1-7-13-25-15-21(3,4)17-27-19(23)11-9-10-12-20(24)28-18-22(5,6)16-26-14-8-2/h1-2H,9-18H2,3-6H3. The highest BCUT2D eigenvalue weighted by Gasteiger charge is 2.22. The van der Waals surface area contributed by atoms with E-state index in [2.05, 4.69) is 11.8 Å². The smallest absolute Gasteiger partial charge is 0.305 e. The molecule has 0 saturated carbocycles. The lowest BCUT2D eigenvalue weighted by atomic mass is 9.96. The SMILES string of the molecule is C#CCOCC(C)(C)COC(=O)CCCCC(=O)OCC(C)(C)COCC#C. The summed E-state index contributed by atoms with van der Waals surface area (Å²) in [6, 6.07) is 0. The van der Waals surface area contributed by atoms with Gasteiger partial charge in [-0.05, 0) is 12.8 Å². The Morgan fingerprint density at radius 2 is 1.07 bits per heavy atom. The summed E-state index contributed by atoms with van der Waals surface area (Å²) in [5.74, 6) is 4.22. The minimum Gasteiger partial charge on any atom is -0.465 e. The highest BCUT2D eigenvalue weighted by atomic mass is 16.5. The van der Waals surface area contributed by atoms with Gasteiger partial charge in [-0.15, -0.1) is 12.8 Å². The monoisotopic (exact) mass is 394 g/mol. The van der Waals surface area contributed by atoms with Gasteiger partial charge in [0.05, 0.1) is 26.4 Å². The molecule has 28 heavy (non-hydrogen) atoms. The molecule has 0 N–H and O–H groups in total. The summed E-state index contributed by atoms with van der Waals surface area (Å²) in [4.78, 5) is 23.6. The van der Waals surface area contributed by atoms with E-state index >= 15 is 0 Å². The zero-order chi connectivity index (χ0) is 21.5. The molecule has 0 fully saturated rings. The Hall–Kier alpha value is -2.02. The summed E-state index contributed by atoms with van der Waals surface area (Å²) in [5, 5.41) is 0. The average Bonchev–Trinajstić information content (AvgIpc) is 2.62. The molecule has 0 aromatic rings. The van der Waals surface area contributed by atoms with Gasteiger partial charge in [-0.2, -0.15) is 0 Å². The van der Waals surface area contributed by atoms with Crippen molar-refractivity contribution in [2.75, 3.05) is 39.6 Å². The quantitative estimate of drug-likeness (QED) is 0.242. The molecule has 0 bridgehead atoms. The topological polar surface area (TPSA) is 71.1 Å². The van der Waals surface area contributed by atoms with Crippen LogP contribution >= 0.6 is 0 Å². The van der Waals surface area contributed by atoms with E-state index in [9.17, 15) is 9.59 Å². The fraction of sp³-hybridized carbons (Fsp3) is 0.727. The molecule has 158 valence electrons. The fourth-order valence-corrected chi connectivity index (χ4v) is 2.09. The van der Waals surface area contributed by atoms with Crippen molar-refractivity contribution in [3.8, 4) is 24.7 Å². The zero-order valence-corrected chi connectivity index (χ0v) is 17.7. The number of ether oxygens (including phenoxy) is 4. The molecule has 0 radical (unpaired) electrons. The van der Waals surface area contributed by atoms with Crippen LogP contribution in [-0.2, 0) is 28.5 Å². The molecule has 0 aromatic carbocycles. The van der Waals surface area contributed by atoms with Crippen molar-refractivity contribution in [2.45, 2.75) is 53.4 Å². The lowest BCUT2D eigenvalue weighted by Gasteiger charge is -2.23. The number of hydrogen-bond donors (Lipinski definition) is 0. The Bertz CT molecular complexity index is 500. The minimum absolute atomic E-state index is 0.239. The van der Waals surface area contributed by atoms with Gasteiger partial charge in [0, 0.05) is 23.7 Å². The van der Waals surface area contributed by atoms with Crippen LogP contribution in [0.2, 0.25) is 0 Å². The van der Waals surface area contributed by atoms with E-state index in [1.54, 1.807) is 0 Å². The minimum atomic E-state index is -0.299. The van der Waals surface area contributed by atoms with Crippen LogP contribution in [0.5, 0.6) is 0 Å². The summed E-state index contributed by atoms with van der Waals surface area (Å²) in [7, 11) is 0. The van der Waals surface area contributed by atoms with Gasteiger partial charge in [-0.25, -0.2) is 0 Å². The molecule has 0 unspecified atom stereocenters. The Morgan fingerprint density at radius 1 is 0.714 bits per heavy atom. The maximum atomic E-state index is 11.8. The van der Waals surface area contributed by atoms with Gasteiger partial charge < -0.3 is 18.9 Å². The molecular formula is C22H34O6. The molecule has 0 saturated heterocycles. The highest BCUT2D eigenvalue weighted by molar-refractivity contribution is 5.70. The first kappa shape index (κ1) is 26.0. The maximum Gasteiger partial charge on any atom is 0.305 e. The number of rotatable bonds is 15. The van der Waals surface area contributed by atoms with Crippen LogP contribution in [0.4, 0.5) is 0 Å². The third kappa shape index (κ3) is 15.1. The van der Waals surface area contributed by atoms with Crippen molar-refractivity contribution in [1.29, 1.82) is 0 Å². The number of carbonyl (C=O) groups excluding carboxylic acids is 2. The van der Waals surface area contributed by atoms with E-state index in [1.165, 1.54) is 0 Å². The van der Waals surface area contributed by atoms with Crippen LogP contribution in [0.3, 0.4) is 0 Å². The van der Waals surface area contributed by atoms with Gasteiger partial charge in [0.15, 0.2) is 0 Å². The second-order valence-electron chi connectivity index (χ2n) is 8.25. The molecule has 0 heterocycles. The first-order valence-electron chi connectivity index (χ1n) is 9.45. The van der Waals surface area contributed by atoms with E-state index in [4.69, 9.17) is 31.8 Å². The van der Waals surface area contributed by atoms with Crippen molar-refractivity contribution in [3.63, 3.8) is 0 Å². The largest absolute Gasteiger partial charge is 0.465 e. The van der Waals surface area contributed by atoms with Crippen LogP contribution in [0.1, 0.15) is 53.4 Å². The molecule has 6 heteroatoms. The van der Waals surface area contributed by atoms with Gasteiger partial charge in [-0.3, -0.25) is 9.59 Å². The molecule has 0 amide bonds. The van der Waals surface area contributed by atoms with Crippen LogP contribution in [-0.4, -0.2) is 51.6 Å². The average molecular weight is 395 g/mol.